The molecular formula is C23H40. The van der Waals surface area contributed by atoms with Gasteiger partial charge in [-0.05, 0) is 90.8 Å². The van der Waals surface area contributed by atoms with Crippen molar-refractivity contribution in [3.8, 4) is 0 Å². The van der Waals surface area contributed by atoms with E-state index in [0.717, 1.165) is 41.4 Å². The fraction of sp³-hybridized carbons (Fsp3) is 1.00. The summed E-state index contributed by atoms with van der Waals surface area (Å²) in [5.74, 6) is 7.17. The number of hydrogen-bond donors (Lipinski definition) is 0. The molecule has 0 spiro atoms. The van der Waals surface area contributed by atoms with Crippen molar-refractivity contribution in [3.05, 3.63) is 0 Å². The van der Waals surface area contributed by atoms with E-state index in [9.17, 15) is 0 Å². The van der Waals surface area contributed by atoms with Crippen molar-refractivity contribution < 1.29 is 0 Å². The predicted molar refractivity (Wildman–Crippen MR) is 99.2 cm³/mol. The van der Waals surface area contributed by atoms with Gasteiger partial charge in [-0.3, -0.25) is 0 Å². The van der Waals surface area contributed by atoms with E-state index in [1.165, 1.54) is 25.7 Å². The second-order valence-electron chi connectivity index (χ2n) is 10.7. The minimum Gasteiger partial charge on any atom is -0.0651 e. The Morgan fingerprint density at radius 1 is 0.783 bits per heavy atom. The third-order valence-corrected chi connectivity index (χ3v) is 9.98. The first-order valence-corrected chi connectivity index (χ1v) is 10.9. The van der Waals surface area contributed by atoms with E-state index in [0.29, 0.717) is 10.8 Å². The van der Waals surface area contributed by atoms with Crippen molar-refractivity contribution in [2.24, 2.45) is 52.3 Å². The van der Waals surface area contributed by atoms with Crippen LogP contribution in [0.25, 0.3) is 0 Å². The highest BCUT2D eigenvalue weighted by Gasteiger charge is 2.61. The molecule has 4 aliphatic rings. The fourth-order valence-electron chi connectivity index (χ4n) is 9.14. The van der Waals surface area contributed by atoms with E-state index in [-0.39, 0.29) is 0 Å². The van der Waals surface area contributed by atoms with Gasteiger partial charge in [0.2, 0.25) is 0 Å². The van der Waals surface area contributed by atoms with Gasteiger partial charge in [-0.2, -0.15) is 0 Å². The quantitative estimate of drug-likeness (QED) is 0.491. The SMILES string of the molecule is CC[C@H]1C(C)C[C@H]2[C@@H]3CC(C)C4CCCC[C@]4(C)[C@H]3CC[C@]12C. The minimum atomic E-state index is 0.674. The maximum atomic E-state index is 2.72. The molecule has 0 heterocycles. The maximum absolute atomic E-state index is 2.72. The lowest BCUT2D eigenvalue weighted by Gasteiger charge is -2.62. The summed E-state index contributed by atoms with van der Waals surface area (Å²) in [5.41, 5.74) is 1.36. The zero-order valence-corrected chi connectivity index (χ0v) is 16.4. The first-order chi connectivity index (χ1) is 10.9. The molecule has 3 unspecified atom stereocenters. The first kappa shape index (κ1) is 16.5. The molecule has 0 radical (unpaired) electrons. The van der Waals surface area contributed by atoms with Gasteiger partial charge in [0.1, 0.15) is 0 Å². The number of hydrogen-bond acceptors (Lipinski definition) is 0. The zero-order valence-electron chi connectivity index (χ0n) is 16.4. The van der Waals surface area contributed by atoms with Gasteiger partial charge >= 0.3 is 0 Å². The Morgan fingerprint density at radius 3 is 2.30 bits per heavy atom. The molecule has 0 aromatic heterocycles. The Morgan fingerprint density at radius 2 is 1.57 bits per heavy atom. The summed E-state index contributed by atoms with van der Waals surface area (Å²) in [6.07, 6.45) is 13.7. The molecule has 0 saturated heterocycles. The Hall–Kier alpha value is 0. The van der Waals surface area contributed by atoms with Gasteiger partial charge in [0, 0.05) is 0 Å². The van der Waals surface area contributed by atoms with Crippen LogP contribution in [0, 0.1) is 52.3 Å². The van der Waals surface area contributed by atoms with E-state index in [4.69, 9.17) is 0 Å². The molecule has 0 aliphatic heterocycles. The minimum absolute atomic E-state index is 0.674. The lowest BCUT2D eigenvalue weighted by atomic mass is 9.43. The lowest BCUT2D eigenvalue weighted by molar-refractivity contribution is -0.131. The Labute approximate surface area is 145 Å². The van der Waals surface area contributed by atoms with Crippen LogP contribution in [0.4, 0.5) is 0 Å². The molecule has 4 saturated carbocycles. The number of rotatable bonds is 1. The highest BCUT2D eigenvalue weighted by Crippen LogP contribution is 2.69. The van der Waals surface area contributed by atoms with Crippen molar-refractivity contribution in [2.45, 2.75) is 92.4 Å². The highest BCUT2D eigenvalue weighted by molar-refractivity contribution is 5.10. The van der Waals surface area contributed by atoms with Gasteiger partial charge in [0.25, 0.3) is 0 Å². The molecule has 0 nitrogen and oxygen atoms in total. The van der Waals surface area contributed by atoms with Crippen molar-refractivity contribution in [1.29, 1.82) is 0 Å². The van der Waals surface area contributed by atoms with Crippen molar-refractivity contribution in [3.63, 3.8) is 0 Å². The summed E-state index contributed by atoms with van der Waals surface area (Å²) in [6, 6.07) is 0. The second kappa shape index (κ2) is 5.50. The van der Waals surface area contributed by atoms with Gasteiger partial charge in [-0.1, -0.05) is 53.9 Å². The van der Waals surface area contributed by atoms with Gasteiger partial charge in [-0.15, -0.1) is 0 Å². The first-order valence-electron chi connectivity index (χ1n) is 10.9. The zero-order chi connectivity index (χ0) is 16.4. The molecule has 132 valence electrons. The molecule has 4 aliphatic carbocycles. The summed E-state index contributed by atoms with van der Waals surface area (Å²) < 4.78 is 0. The van der Waals surface area contributed by atoms with Gasteiger partial charge in [0.05, 0.1) is 0 Å². The largest absolute Gasteiger partial charge is 0.0651 e. The average Bonchev–Trinajstić information content (AvgIpc) is 2.77. The molecule has 0 N–H and O–H groups in total. The monoisotopic (exact) mass is 316 g/mol. The van der Waals surface area contributed by atoms with Crippen LogP contribution in [-0.2, 0) is 0 Å². The predicted octanol–water partition coefficient (Wildman–Crippen LogP) is 6.94. The molecule has 0 heteroatoms. The van der Waals surface area contributed by atoms with Crippen LogP contribution < -0.4 is 0 Å². The summed E-state index contributed by atoms with van der Waals surface area (Å²) >= 11 is 0. The highest BCUT2D eigenvalue weighted by atomic mass is 14.7. The fourth-order valence-corrected chi connectivity index (χ4v) is 9.14. The third-order valence-electron chi connectivity index (χ3n) is 9.98. The topological polar surface area (TPSA) is 0 Å². The van der Waals surface area contributed by atoms with Crippen LogP contribution in [-0.4, -0.2) is 0 Å². The maximum Gasteiger partial charge on any atom is -0.0264 e. The summed E-state index contributed by atoms with van der Waals surface area (Å²) in [6.45, 7) is 13.1. The molecule has 0 aromatic carbocycles. The van der Waals surface area contributed by atoms with Crippen molar-refractivity contribution in [2.75, 3.05) is 0 Å². The molecule has 0 amide bonds. The molecule has 4 rings (SSSR count). The van der Waals surface area contributed by atoms with Crippen LogP contribution >= 0.6 is 0 Å². The van der Waals surface area contributed by atoms with Crippen molar-refractivity contribution in [1.82, 2.24) is 0 Å². The van der Waals surface area contributed by atoms with Crippen LogP contribution in [0.15, 0.2) is 0 Å². The lowest BCUT2D eigenvalue weighted by Crippen LogP contribution is -2.55. The molecule has 9 atom stereocenters. The molecule has 0 aromatic rings. The van der Waals surface area contributed by atoms with E-state index in [1.54, 1.807) is 32.1 Å². The number of fused-ring (bicyclic) bond motifs is 5. The summed E-state index contributed by atoms with van der Waals surface area (Å²) in [4.78, 5) is 0. The van der Waals surface area contributed by atoms with Gasteiger partial charge in [0.15, 0.2) is 0 Å². The van der Waals surface area contributed by atoms with E-state index >= 15 is 0 Å². The Bertz CT molecular complexity index is 451. The van der Waals surface area contributed by atoms with Crippen LogP contribution in [0.1, 0.15) is 92.4 Å². The van der Waals surface area contributed by atoms with E-state index in [2.05, 4.69) is 34.6 Å². The Kier molecular flexibility index (Phi) is 3.94. The molecule has 4 fully saturated rings. The third kappa shape index (κ3) is 2.15. The van der Waals surface area contributed by atoms with E-state index < -0.39 is 0 Å². The van der Waals surface area contributed by atoms with Crippen LogP contribution in [0.2, 0.25) is 0 Å². The smallest absolute Gasteiger partial charge is 0.0264 e. The Balaban J connectivity index is 1.67. The molecular weight excluding hydrogens is 276 g/mol. The van der Waals surface area contributed by atoms with Gasteiger partial charge < -0.3 is 0 Å². The van der Waals surface area contributed by atoms with E-state index in [1.807, 2.05) is 0 Å². The normalized spacial score (nSPS) is 59.1. The van der Waals surface area contributed by atoms with Crippen molar-refractivity contribution >= 4 is 0 Å². The standard InChI is InChI=1S/C23H40/c1-6-18-16(3)14-21-17-13-15(2)19-9-7-8-11-22(19,4)20(17)10-12-23(18,21)5/h15-21H,6-14H2,1-5H3/t15?,16?,17-,18+,19?,20+,21+,22+,23-/m1/s1. The second-order valence-corrected chi connectivity index (χ2v) is 10.7. The molecule has 23 heavy (non-hydrogen) atoms. The van der Waals surface area contributed by atoms with Crippen LogP contribution in [0.5, 0.6) is 0 Å². The van der Waals surface area contributed by atoms with Crippen LogP contribution in [0.3, 0.4) is 0 Å². The summed E-state index contributed by atoms with van der Waals surface area (Å²) in [5, 5.41) is 0. The summed E-state index contributed by atoms with van der Waals surface area (Å²) in [7, 11) is 0. The van der Waals surface area contributed by atoms with Gasteiger partial charge in [-0.25, -0.2) is 0 Å². The molecule has 0 bridgehead atoms. The average molecular weight is 317 g/mol.